The lowest BCUT2D eigenvalue weighted by Gasteiger charge is -2.17. The SMILES string of the molecule is CCCn1nc(C)cc1CN(C)CCCCN. The van der Waals surface area contributed by atoms with Crippen molar-refractivity contribution < 1.29 is 0 Å². The minimum atomic E-state index is 0.792. The fourth-order valence-electron chi connectivity index (χ4n) is 2.01. The number of aromatic nitrogens is 2. The second-order valence-electron chi connectivity index (χ2n) is 4.73. The Hall–Kier alpha value is -0.870. The van der Waals surface area contributed by atoms with Crippen LogP contribution < -0.4 is 5.73 Å². The molecule has 0 fully saturated rings. The molecule has 0 unspecified atom stereocenters. The highest BCUT2D eigenvalue weighted by molar-refractivity contribution is 5.08. The normalized spacial score (nSPS) is 11.4. The van der Waals surface area contributed by atoms with Gasteiger partial charge in [-0.15, -0.1) is 0 Å². The molecule has 0 bridgehead atoms. The van der Waals surface area contributed by atoms with Gasteiger partial charge in [0, 0.05) is 13.1 Å². The predicted octanol–water partition coefficient (Wildman–Crippen LogP) is 1.77. The Bertz CT molecular complexity index is 319. The lowest BCUT2D eigenvalue weighted by molar-refractivity contribution is 0.307. The average Bonchev–Trinajstić information content (AvgIpc) is 2.60. The van der Waals surface area contributed by atoms with Crippen LogP contribution in [0.5, 0.6) is 0 Å². The Balaban J connectivity index is 2.48. The topological polar surface area (TPSA) is 47.1 Å². The van der Waals surface area contributed by atoms with Gasteiger partial charge in [-0.3, -0.25) is 4.68 Å². The van der Waals surface area contributed by atoms with E-state index in [1.54, 1.807) is 0 Å². The number of hydrogen-bond donors (Lipinski definition) is 1. The number of nitrogens with two attached hydrogens (primary N) is 1. The molecule has 0 spiro atoms. The van der Waals surface area contributed by atoms with E-state index in [-0.39, 0.29) is 0 Å². The van der Waals surface area contributed by atoms with Crippen LogP contribution >= 0.6 is 0 Å². The van der Waals surface area contributed by atoms with Gasteiger partial charge < -0.3 is 10.6 Å². The molecule has 4 heteroatoms. The molecule has 0 aliphatic carbocycles. The van der Waals surface area contributed by atoms with Gasteiger partial charge in [-0.25, -0.2) is 0 Å². The molecule has 2 N–H and O–H groups in total. The molecule has 98 valence electrons. The summed E-state index contributed by atoms with van der Waals surface area (Å²) in [5.41, 5.74) is 7.94. The van der Waals surface area contributed by atoms with E-state index in [0.717, 1.165) is 44.7 Å². The highest BCUT2D eigenvalue weighted by atomic mass is 15.3. The molecule has 1 heterocycles. The minimum Gasteiger partial charge on any atom is -0.330 e. The van der Waals surface area contributed by atoms with E-state index in [2.05, 4.69) is 41.6 Å². The molecule has 0 aromatic carbocycles. The van der Waals surface area contributed by atoms with E-state index >= 15 is 0 Å². The highest BCUT2D eigenvalue weighted by Gasteiger charge is 2.07. The smallest absolute Gasteiger partial charge is 0.0597 e. The zero-order chi connectivity index (χ0) is 12.7. The molecule has 0 amide bonds. The lowest BCUT2D eigenvalue weighted by Crippen LogP contribution is -2.22. The maximum atomic E-state index is 5.50. The molecular formula is C13H26N4. The Morgan fingerprint density at radius 3 is 2.82 bits per heavy atom. The first kappa shape index (κ1) is 14.2. The van der Waals surface area contributed by atoms with Crippen molar-refractivity contribution in [1.82, 2.24) is 14.7 Å². The molecule has 1 aromatic heterocycles. The van der Waals surface area contributed by atoms with E-state index in [0.29, 0.717) is 0 Å². The van der Waals surface area contributed by atoms with E-state index < -0.39 is 0 Å². The fraction of sp³-hybridized carbons (Fsp3) is 0.769. The zero-order valence-electron chi connectivity index (χ0n) is 11.4. The average molecular weight is 238 g/mol. The van der Waals surface area contributed by atoms with Crippen molar-refractivity contribution in [1.29, 1.82) is 0 Å². The third-order valence-corrected chi connectivity index (χ3v) is 2.85. The van der Waals surface area contributed by atoms with Crippen molar-refractivity contribution in [3.63, 3.8) is 0 Å². The first-order valence-electron chi connectivity index (χ1n) is 6.59. The molecule has 0 saturated heterocycles. The third kappa shape index (κ3) is 4.88. The summed E-state index contributed by atoms with van der Waals surface area (Å²) in [6.45, 7) is 8.13. The van der Waals surface area contributed by atoms with Crippen LogP contribution in [0.15, 0.2) is 6.07 Å². The van der Waals surface area contributed by atoms with Crippen LogP contribution in [0.1, 0.15) is 37.6 Å². The monoisotopic (exact) mass is 238 g/mol. The minimum absolute atomic E-state index is 0.792. The molecular weight excluding hydrogens is 212 g/mol. The molecule has 0 atom stereocenters. The molecule has 4 nitrogen and oxygen atoms in total. The van der Waals surface area contributed by atoms with Crippen LogP contribution in [0, 0.1) is 6.92 Å². The standard InChI is InChI=1S/C13H26N4/c1-4-8-17-13(10-12(2)15-17)11-16(3)9-6-5-7-14/h10H,4-9,11,14H2,1-3H3. The Morgan fingerprint density at radius 1 is 1.41 bits per heavy atom. The molecule has 1 aromatic rings. The quantitative estimate of drug-likeness (QED) is 0.702. The third-order valence-electron chi connectivity index (χ3n) is 2.85. The van der Waals surface area contributed by atoms with Gasteiger partial charge in [-0.1, -0.05) is 6.92 Å². The Morgan fingerprint density at radius 2 is 2.18 bits per heavy atom. The predicted molar refractivity (Wildman–Crippen MR) is 71.9 cm³/mol. The summed E-state index contributed by atoms with van der Waals surface area (Å²) >= 11 is 0. The van der Waals surface area contributed by atoms with Crippen LogP contribution in [0.25, 0.3) is 0 Å². The van der Waals surface area contributed by atoms with E-state index in [9.17, 15) is 0 Å². The second kappa shape index (κ2) is 7.45. The summed E-state index contributed by atoms with van der Waals surface area (Å²) in [6, 6.07) is 2.19. The van der Waals surface area contributed by atoms with Crippen LogP contribution in [0.4, 0.5) is 0 Å². The van der Waals surface area contributed by atoms with Gasteiger partial charge >= 0.3 is 0 Å². The second-order valence-corrected chi connectivity index (χ2v) is 4.73. The number of rotatable bonds is 8. The molecule has 0 aliphatic rings. The van der Waals surface area contributed by atoms with Crippen molar-refractivity contribution in [3.8, 4) is 0 Å². The van der Waals surface area contributed by atoms with Crippen LogP contribution in [-0.4, -0.2) is 34.8 Å². The molecule has 1 rings (SSSR count). The van der Waals surface area contributed by atoms with Crippen molar-refractivity contribution >= 4 is 0 Å². The highest BCUT2D eigenvalue weighted by Crippen LogP contribution is 2.08. The van der Waals surface area contributed by atoms with E-state index in [1.165, 1.54) is 12.1 Å². The summed E-state index contributed by atoms with van der Waals surface area (Å²) in [4.78, 5) is 2.35. The molecule has 17 heavy (non-hydrogen) atoms. The summed E-state index contributed by atoms with van der Waals surface area (Å²) < 4.78 is 2.13. The molecule has 0 saturated carbocycles. The van der Waals surface area contributed by atoms with Crippen molar-refractivity contribution in [2.24, 2.45) is 5.73 Å². The summed E-state index contributed by atoms with van der Waals surface area (Å²) in [5, 5.41) is 4.52. The summed E-state index contributed by atoms with van der Waals surface area (Å²) in [5.74, 6) is 0. The molecule has 0 radical (unpaired) electrons. The van der Waals surface area contributed by atoms with Crippen LogP contribution in [-0.2, 0) is 13.1 Å². The maximum Gasteiger partial charge on any atom is 0.0597 e. The van der Waals surface area contributed by atoms with Crippen LogP contribution in [0.3, 0.4) is 0 Å². The first-order valence-corrected chi connectivity index (χ1v) is 6.59. The summed E-state index contributed by atoms with van der Waals surface area (Å²) in [6.07, 6.45) is 3.41. The number of hydrogen-bond acceptors (Lipinski definition) is 3. The van der Waals surface area contributed by atoms with Gasteiger partial charge in [0.15, 0.2) is 0 Å². The maximum absolute atomic E-state index is 5.50. The van der Waals surface area contributed by atoms with Gasteiger partial charge in [0.05, 0.1) is 11.4 Å². The number of aryl methyl sites for hydroxylation is 2. The Labute approximate surface area is 105 Å². The summed E-state index contributed by atoms with van der Waals surface area (Å²) in [7, 11) is 2.16. The first-order chi connectivity index (χ1) is 8.17. The Kier molecular flexibility index (Phi) is 6.22. The van der Waals surface area contributed by atoms with Gasteiger partial charge in [0.1, 0.15) is 0 Å². The van der Waals surface area contributed by atoms with Crippen molar-refractivity contribution in [2.75, 3.05) is 20.1 Å². The van der Waals surface area contributed by atoms with Gasteiger partial charge in [0.25, 0.3) is 0 Å². The largest absolute Gasteiger partial charge is 0.330 e. The van der Waals surface area contributed by atoms with Crippen molar-refractivity contribution in [2.45, 2.75) is 46.2 Å². The van der Waals surface area contributed by atoms with Gasteiger partial charge in [-0.2, -0.15) is 5.10 Å². The number of unbranched alkanes of at least 4 members (excludes halogenated alkanes) is 1. The lowest BCUT2D eigenvalue weighted by atomic mass is 10.3. The van der Waals surface area contributed by atoms with Gasteiger partial charge in [0.2, 0.25) is 0 Å². The molecule has 0 aliphatic heterocycles. The van der Waals surface area contributed by atoms with E-state index in [4.69, 9.17) is 5.73 Å². The number of nitrogens with zero attached hydrogens (tertiary/aromatic N) is 3. The van der Waals surface area contributed by atoms with Gasteiger partial charge in [-0.05, 0) is 52.4 Å². The zero-order valence-corrected chi connectivity index (χ0v) is 11.4. The van der Waals surface area contributed by atoms with Crippen LogP contribution in [0.2, 0.25) is 0 Å². The van der Waals surface area contributed by atoms with Crippen molar-refractivity contribution in [3.05, 3.63) is 17.5 Å². The van der Waals surface area contributed by atoms with E-state index in [1.807, 2.05) is 0 Å². The fourth-order valence-corrected chi connectivity index (χ4v) is 2.01.